The maximum absolute atomic E-state index is 13.3. The molecule has 3 aromatic carbocycles. The highest BCUT2D eigenvalue weighted by Crippen LogP contribution is 2.39. The van der Waals surface area contributed by atoms with Gasteiger partial charge < -0.3 is 20.4 Å². The SMILES string of the molecule is Cc1sc2c(c1C)C(c1ccc(Cl)cc1)=N[C@@H](CC(=O)NCCOCCNC(=O)c1cccc(S(=O)(=O)Nc3ccc(C)c4c(C#N)c[nH]c34)c1)c1nnc(C)n1-2. The molecule has 4 heterocycles. The number of halogens is 1. The zero-order valence-electron chi connectivity index (χ0n) is 31.4. The molecule has 0 saturated carbocycles. The number of aromatic amines is 1. The summed E-state index contributed by atoms with van der Waals surface area (Å²) in [5.41, 5.74) is 5.88. The van der Waals surface area contributed by atoms with Gasteiger partial charge >= 0.3 is 0 Å². The lowest BCUT2D eigenvalue weighted by Gasteiger charge is -2.13. The Morgan fingerprint density at radius 3 is 2.53 bits per heavy atom. The molecule has 4 N–H and O–H groups in total. The van der Waals surface area contributed by atoms with Crippen molar-refractivity contribution in [2.24, 2.45) is 4.99 Å². The fraction of sp³-hybridized carbons (Fsp3) is 0.250. The second-order valence-electron chi connectivity index (χ2n) is 13.5. The van der Waals surface area contributed by atoms with Gasteiger partial charge in [-0.1, -0.05) is 35.9 Å². The zero-order valence-corrected chi connectivity index (χ0v) is 33.8. The molecule has 6 aromatic rings. The van der Waals surface area contributed by atoms with Crippen molar-refractivity contribution in [2.45, 2.75) is 45.1 Å². The van der Waals surface area contributed by atoms with Gasteiger partial charge in [-0.2, -0.15) is 5.26 Å². The predicted molar refractivity (Wildman–Crippen MR) is 219 cm³/mol. The maximum atomic E-state index is 13.3. The summed E-state index contributed by atoms with van der Waals surface area (Å²) in [6.07, 6.45) is 1.57. The van der Waals surface area contributed by atoms with E-state index in [0.29, 0.717) is 33.1 Å². The third-order valence-electron chi connectivity index (χ3n) is 9.65. The first-order chi connectivity index (χ1) is 27.4. The lowest BCUT2D eigenvalue weighted by atomic mass is 9.99. The molecule has 14 nitrogen and oxygen atoms in total. The van der Waals surface area contributed by atoms with E-state index in [1.54, 1.807) is 23.5 Å². The van der Waals surface area contributed by atoms with E-state index in [-0.39, 0.29) is 54.8 Å². The van der Waals surface area contributed by atoms with Crippen LogP contribution in [0.25, 0.3) is 15.9 Å². The van der Waals surface area contributed by atoms with Crippen LogP contribution in [-0.4, -0.2) is 72.0 Å². The lowest BCUT2D eigenvalue weighted by Crippen LogP contribution is -2.31. The van der Waals surface area contributed by atoms with Crippen molar-refractivity contribution in [3.63, 3.8) is 0 Å². The minimum Gasteiger partial charge on any atom is -0.378 e. The number of aromatic nitrogens is 4. The van der Waals surface area contributed by atoms with Crippen LogP contribution in [0.1, 0.15) is 67.2 Å². The predicted octanol–water partition coefficient (Wildman–Crippen LogP) is 6.21. The van der Waals surface area contributed by atoms with Crippen LogP contribution >= 0.6 is 22.9 Å². The first kappa shape index (κ1) is 39.4. The molecular weight excluding hydrogens is 786 g/mol. The Hall–Kier alpha value is -5.86. The summed E-state index contributed by atoms with van der Waals surface area (Å²) >= 11 is 7.85. The first-order valence-electron chi connectivity index (χ1n) is 18.0. The van der Waals surface area contributed by atoms with E-state index in [4.69, 9.17) is 21.3 Å². The number of amides is 2. The minimum atomic E-state index is -4.08. The van der Waals surface area contributed by atoms with Gasteiger partial charge in [-0.15, -0.1) is 21.5 Å². The number of aliphatic imine (C=N–C) groups is 1. The third-order valence-corrected chi connectivity index (χ3v) is 12.5. The molecule has 0 fully saturated rings. The van der Waals surface area contributed by atoms with Gasteiger partial charge in [0.1, 0.15) is 22.9 Å². The van der Waals surface area contributed by atoms with Crippen molar-refractivity contribution in [1.82, 2.24) is 30.4 Å². The highest BCUT2D eigenvalue weighted by atomic mass is 35.5. The molecule has 0 spiro atoms. The number of aryl methyl sites for hydroxylation is 3. The Morgan fingerprint density at radius 2 is 1.77 bits per heavy atom. The second kappa shape index (κ2) is 16.3. The molecule has 1 aliphatic heterocycles. The molecule has 292 valence electrons. The number of anilines is 1. The number of benzene rings is 3. The highest BCUT2D eigenvalue weighted by Gasteiger charge is 2.32. The zero-order chi connectivity index (χ0) is 40.4. The molecule has 57 heavy (non-hydrogen) atoms. The van der Waals surface area contributed by atoms with Crippen LogP contribution in [0, 0.1) is 39.0 Å². The molecule has 1 aliphatic rings. The number of carbonyl (C=O) groups excluding carboxylic acids is 2. The van der Waals surface area contributed by atoms with Gasteiger partial charge in [-0.3, -0.25) is 23.9 Å². The molecule has 17 heteroatoms. The van der Waals surface area contributed by atoms with Crippen molar-refractivity contribution in [3.05, 3.63) is 122 Å². The van der Waals surface area contributed by atoms with E-state index < -0.39 is 22.0 Å². The van der Waals surface area contributed by atoms with Gasteiger partial charge in [0, 0.05) is 51.3 Å². The molecule has 0 unspecified atom stereocenters. The second-order valence-corrected chi connectivity index (χ2v) is 16.8. The number of H-pyrrole nitrogens is 1. The summed E-state index contributed by atoms with van der Waals surface area (Å²) in [6.45, 7) is 8.60. The van der Waals surface area contributed by atoms with E-state index in [2.05, 4.69) is 50.5 Å². The third kappa shape index (κ3) is 8.05. The molecule has 1 atom stereocenters. The van der Waals surface area contributed by atoms with Gasteiger partial charge in [-0.25, -0.2) is 8.42 Å². The summed E-state index contributed by atoms with van der Waals surface area (Å²) in [7, 11) is -4.08. The number of carbonyl (C=O) groups is 2. The largest absolute Gasteiger partial charge is 0.378 e. The number of nitrogens with one attached hydrogen (secondary N) is 4. The van der Waals surface area contributed by atoms with E-state index in [9.17, 15) is 23.3 Å². The van der Waals surface area contributed by atoms with Crippen LogP contribution in [0.3, 0.4) is 0 Å². The molecule has 7 rings (SSSR count). The average Bonchev–Trinajstić information content (AvgIpc) is 3.87. The Kier molecular flexibility index (Phi) is 11.3. The average molecular weight is 824 g/mol. The number of nitriles is 1. The summed E-state index contributed by atoms with van der Waals surface area (Å²) in [4.78, 5) is 35.3. The smallest absolute Gasteiger partial charge is 0.261 e. The van der Waals surface area contributed by atoms with E-state index in [1.807, 2.05) is 42.7 Å². The molecule has 3 aromatic heterocycles. The molecule has 0 aliphatic carbocycles. The van der Waals surface area contributed by atoms with Crippen molar-refractivity contribution in [1.29, 1.82) is 5.26 Å². The fourth-order valence-corrected chi connectivity index (χ4v) is 9.14. The first-order valence-corrected chi connectivity index (χ1v) is 20.7. The van der Waals surface area contributed by atoms with Crippen LogP contribution in [0.15, 0.2) is 76.7 Å². The number of sulfonamides is 1. The van der Waals surface area contributed by atoms with Crippen LogP contribution < -0.4 is 15.4 Å². The van der Waals surface area contributed by atoms with Gasteiger partial charge in [0.15, 0.2) is 5.82 Å². The van der Waals surface area contributed by atoms with Crippen molar-refractivity contribution < 1.29 is 22.7 Å². The van der Waals surface area contributed by atoms with Gasteiger partial charge in [0.25, 0.3) is 15.9 Å². The summed E-state index contributed by atoms with van der Waals surface area (Å²) < 4.78 is 36.9. The highest BCUT2D eigenvalue weighted by molar-refractivity contribution is 7.92. The normalized spacial score (nSPS) is 13.6. The number of hydrogen-bond donors (Lipinski definition) is 4. The molecule has 2 amide bonds. The number of ether oxygens (including phenoxy) is 1. The van der Waals surface area contributed by atoms with Gasteiger partial charge in [-0.05, 0) is 75.2 Å². The number of hydrogen-bond acceptors (Lipinski definition) is 10. The number of nitrogens with zero attached hydrogens (tertiary/aromatic N) is 5. The summed E-state index contributed by atoms with van der Waals surface area (Å²) in [5.74, 6) is 0.570. The summed E-state index contributed by atoms with van der Waals surface area (Å²) in [5, 5.41) is 26.1. The Balaban J connectivity index is 0.918. The Bertz CT molecular complexity index is 2710. The lowest BCUT2D eigenvalue weighted by molar-refractivity contribution is -0.121. The van der Waals surface area contributed by atoms with Crippen LogP contribution in [-0.2, 0) is 19.6 Å². The van der Waals surface area contributed by atoms with Crippen molar-refractivity contribution in [3.8, 4) is 11.1 Å². The monoisotopic (exact) mass is 823 g/mol. The molecule has 0 radical (unpaired) electrons. The van der Waals surface area contributed by atoms with E-state index in [0.717, 1.165) is 37.8 Å². The number of rotatable bonds is 13. The number of fused-ring (bicyclic) bond motifs is 4. The minimum absolute atomic E-state index is 0.0337. The van der Waals surface area contributed by atoms with Crippen LogP contribution in [0.5, 0.6) is 0 Å². The maximum Gasteiger partial charge on any atom is 0.261 e. The fourth-order valence-electron chi connectivity index (χ4n) is 6.69. The molecule has 0 saturated heterocycles. The quantitative estimate of drug-likeness (QED) is 0.0986. The Morgan fingerprint density at radius 1 is 1.02 bits per heavy atom. The van der Waals surface area contributed by atoms with Crippen molar-refractivity contribution >= 4 is 67.1 Å². The summed E-state index contributed by atoms with van der Waals surface area (Å²) in [6, 6.07) is 18.0. The van der Waals surface area contributed by atoms with Gasteiger partial charge in [0.2, 0.25) is 5.91 Å². The van der Waals surface area contributed by atoms with E-state index >= 15 is 0 Å². The molecule has 0 bridgehead atoms. The molecular formula is C40H38ClN9O5S2. The van der Waals surface area contributed by atoms with Crippen LogP contribution in [0.2, 0.25) is 5.02 Å². The standard InChI is InChI=1S/C40H38ClN9O5S2/c1-22-8-13-31(37-34(22)28(20-42)21-45-37)49-57(53,54)30-7-5-6-27(18-30)39(52)44-15-17-55-16-14-43-33(51)19-32-38-48-47-25(4)50(38)40-35(23(2)24(3)56-40)36(46-32)26-9-11-29(41)12-10-26/h5-13,18,21,32,45,49H,14-17,19H2,1-4H3,(H,43,51)(H,44,52)/t32-/m0/s1. The van der Waals surface area contributed by atoms with E-state index in [1.165, 1.54) is 30.5 Å². The van der Waals surface area contributed by atoms with Crippen molar-refractivity contribution in [2.75, 3.05) is 31.0 Å². The van der Waals surface area contributed by atoms with Crippen LogP contribution in [0.4, 0.5) is 5.69 Å². The Labute approximate surface area is 338 Å². The topological polar surface area (TPSA) is 196 Å². The van der Waals surface area contributed by atoms with Gasteiger partial charge in [0.05, 0.1) is 47.0 Å². The number of thiophene rings is 1.